The van der Waals surface area contributed by atoms with Gasteiger partial charge in [-0.05, 0) is 28.4 Å². The molecule has 1 heterocycles. The van der Waals surface area contributed by atoms with Gasteiger partial charge in [0.15, 0.2) is 5.75 Å². The van der Waals surface area contributed by atoms with Crippen LogP contribution in [0.25, 0.3) is 0 Å². The maximum Gasteiger partial charge on any atom is 0.273 e. The fourth-order valence-electron chi connectivity index (χ4n) is 1.55. The fraction of sp³-hybridized carbons (Fsp3) is 0.167. The van der Waals surface area contributed by atoms with Gasteiger partial charge in [0.2, 0.25) is 5.88 Å². The number of benzene rings is 1. The average Bonchev–Trinajstić information content (AvgIpc) is 2.41. The van der Waals surface area contributed by atoms with Gasteiger partial charge in [-0.2, -0.15) is 0 Å². The number of nitro benzene ring substituents is 1. The highest BCUT2D eigenvalue weighted by molar-refractivity contribution is 9.10. The van der Waals surface area contributed by atoms with Crippen molar-refractivity contribution in [2.24, 2.45) is 0 Å². The number of nitro groups is 1. The van der Waals surface area contributed by atoms with Crippen molar-refractivity contribution in [3.8, 4) is 11.6 Å². The zero-order valence-corrected chi connectivity index (χ0v) is 12.7. The van der Waals surface area contributed by atoms with E-state index in [1.165, 1.54) is 18.5 Å². The van der Waals surface area contributed by atoms with Crippen LogP contribution in [0, 0.1) is 10.1 Å². The standard InChI is InChI=1S/C12H9BrClN3O3/c1-2-8-11(14)15-6-16-12(8)20-10-5-7(17(18)19)3-4-9(10)13/h3-6H,2H2,1H3. The summed E-state index contributed by atoms with van der Waals surface area (Å²) in [7, 11) is 0. The molecule has 0 unspecified atom stereocenters. The smallest absolute Gasteiger partial charge is 0.273 e. The second-order valence-electron chi connectivity index (χ2n) is 3.78. The predicted octanol–water partition coefficient (Wildman–Crippen LogP) is 4.16. The molecule has 8 heteroatoms. The van der Waals surface area contributed by atoms with Gasteiger partial charge in [0.05, 0.1) is 21.0 Å². The lowest BCUT2D eigenvalue weighted by atomic mass is 10.2. The van der Waals surface area contributed by atoms with Crippen LogP contribution in [0.5, 0.6) is 11.6 Å². The summed E-state index contributed by atoms with van der Waals surface area (Å²) in [5.41, 5.74) is 0.578. The van der Waals surface area contributed by atoms with Crippen LogP contribution < -0.4 is 4.74 Å². The van der Waals surface area contributed by atoms with Crippen LogP contribution in [0.15, 0.2) is 29.0 Å². The van der Waals surface area contributed by atoms with E-state index in [0.717, 1.165) is 0 Å². The fourth-order valence-corrected chi connectivity index (χ4v) is 2.13. The Morgan fingerprint density at radius 1 is 1.45 bits per heavy atom. The monoisotopic (exact) mass is 357 g/mol. The third-order valence-corrected chi connectivity index (χ3v) is 3.52. The van der Waals surface area contributed by atoms with Gasteiger partial charge in [0.25, 0.3) is 5.69 Å². The Hall–Kier alpha value is -1.73. The molecule has 2 rings (SSSR count). The first kappa shape index (κ1) is 14.7. The topological polar surface area (TPSA) is 78.2 Å². The largest absolute Gasteiger partial charge is 0.437 e. The minimum Gasteiger partial charge on any atom is -0.437 e. The molecule has 0 spiro atoms. The molecule has 0 radical (unpaired) electrons. The molecule has 0 atom stereocenters. The van der Waals surface area contributed by atoms with Gasteiger partial charge in [-0.25, -0.2) is 9.97 Å². The van der Waals surface area contributed by atoms with Crippen molar-refractivity contribution in [1.29, 1.82) is 0 Å². The molecule has 1 aromatic carbocycles. The van der Waals surface area contributed by atoms with E-state index in [-0.39, 0.29) is 11.6 Å². The van der Waals surface area contributed by atoms with Crippen molar-refractivity contribution < 1.29 is 9.66 Å². The molecule has 0 fully saturated rings. The van der Waals surface area contributed by atoms with Gasteiger partial charge < -0.3 is 4.74 Å². The lowest BCUT2D eigenvalue weighted by Gasteiger charge is -2.10. The summed E-state index contributed by atoms with van der Waals surface area (Å²) in [6.45, 7) is 1.89. The SMILES string of the molecule is CCc1c(Cl)ncnc1Oc1cc([N+](=O)[O-])ccc1Br. The van der Waals surface area contributed by atoms with E-state index >= 15 is 0 Å². The molecule has 0 aliphatic rings. The van der Waals surface area contributed by atoms with Gasteiger partial charge in [0.1, 0.15) is 11.5 Å². The van der Waals surface area contributed by atoms with Gasteiger partial charge in [0, 0.05) is 6.07 Å². The second-order valence-corrected chi connectivity index (χ2v) is 4.99. The molecule has 1 aromatic heterocycles. The highest BCUT2D eigenvalue weighted by Gasteiger charge is 2.15. The number of aromatic nitrogens is 2. The quantitative estimate of drug-likeness (QED) is 0.466. The van der Waals surface area contributed by atoms with Gasteiger partial charge >= 0.3 is 0 Å². The number of ether oxygens (including phenoxy) is 1. The van der Waals surface area contributed by atoms with Crippen LogP contribution in [-0.2, 0) is 6.42 Å². The lowest BCUT2D eigenvalue weighted by Crippen LogP contribution is -1.98. The molecule has 0 aliphatic carbocycles. The summed E-state index contributed by atoms with van der Waals surface area (Å²) >= 11 is 9.24. The first-order valence-electron chi connectivity index (χ1n) is 5.64. The summed E-state index contributed by atoms with van der Waals surface area (Å²) in [6.07, 6.45) is 1.86. The minimum absolute atomic E-state index is 0.0681. The summed E-state index contributed by atoms with van der Waals surface area (Å²) in [5, 5.41) is 11.1. The van der Waals surface area contributed by atoms with E-state index in [9.17, 15) is 10.1 Å². The number of non-ortho nitro benzene ring substituents is 1. The second kappa shape index (κ2) is 6.15. The van der Waals surface area contributed by atoms with Crippen molar-refractivity contribution in [3.05, 3.63) is 49.8 Å². The van der Waals surface area contributed by atoms with Gasteiger partial charge in [-0.15, -0.1) is 0 Å². The minimum atomic E-state index is -0.493. The lowest BCUT2D eigenvalue weighted by molar-refractivity contribution is -0.384. The van der Waals surface area contributed by atoms with Crippen LogP contribution in [0.1, 0.15) is 12.5 Å². The molecular weight excluding hydrogens is 350 g/mol. The number of rotatable bonds is 4. The molecule has 0 saturated carbocycles. The third kappa shape index (κ3) is 3.05. The Kier molecular flexibility index (Phi) is 4.51. The Morgan fingerprint density at radius 3 is 2.85 bits per heavy atom. The molecule has 0 saturated heterocycles. The van der Waals surface area contributed by atoms with Crippen molar-refractivity contribution in [1.82, 2.24) is 9.97 Å². The summed E-state index contributed by atoms with van der Waals surface area (Å²) in [5.74, 6) is 0.581. The van der Waals surface area contributed by atoms with Crippen molar-refractivity contribution in [3.63, 3.8) is 0 Å². The number of halogens is 2. The molecule has 20 heavy (non-hydrogen) atoms. The Labute approximate surface area is 128 Å². The first-order chi connectivity index (χ1) is 9.52. The zero-order chi connectivity index (χ0) is 14.7. The van der Waals surface area contributed by atoms with Crippen LogP contribution in [0.2, 0.25) is 5.15 Å². The summed E-state index contributed by atoms with van der Waals surface area (Å²) in [4.78, 5) is 18.2. The highest BCUT2D eigenvalue weighted by atomic mass is 79.9. The van der Waals surface area contributed by atoms with E-state index in [0.29, 0.717) is 27.4 Å². The first-order valence-corrected chi connectivity index (χ1v) is 6.81. The van der Waals surface area contributed by atoms with E-state index < -0.39 is 4.92 Å². The Bertz CT molecular complexity index is 666. The highest BCUT2D eigenvalue weighted by Crippen LogP contribution is 2.34. The van der Waals surface area contributed by atoms with Gasteiger partial charge in [-0.1, -0.05) is 18.5 Å². The number of hydrogen-bond donors (Lipinski definition) is 0. The molecule has 0 bridgehead atoms. The van der Waals surface area contributed by atoms with Crippen LogP contribution >= 0.6 is 27.5 Å². The predicted molar refractivity (Wildman–Crippen MR) is 77.3 cm³/mol. The van der Waals surface area contributed by atoms with E-state index in [1.807, 2.05) is 6.92 Å². The van der Waals surface area contributed by atoms with Crippen molar-refractivity contribution in [2.45, 2.75) is 13.3 Å². The number of nitrogens with zero attached hydrogens (tertiary/aromatic N) is 3. The molecule has 0 aliphatic heterocycles. The van der Waals surface area contributed by atoms with Crippen molar-refractivity contribution >= 4 is 33.2 Å². The Balaban J connectivity index is 2.42. The molecule has 0 amide bonds. The molecule has 0 N–H and O–H groups in total. The van der Waals surface area contributed by atoms with Crippen molar-refractivity contribution in [2.75, 3.05) is 0 Å². The maximum atomic E-state index is 10.8. The van der Waals surface area contributed by atoms with E-state index in [4.69, 9.17) is 16.3 Å². The maximum absolute atomic E-state index is 10.8. The van der Waals surface area contributed by atoms with E-state index in [2.05, 4.69) is 25.9 Å². The average molecular weight is 359 g/mol. The van der Waals surface area contributed by atoms with Crippen LogP contribution in [0.3, 0.4) is 0 Å². The molecular formula is C12H9BrClN3O3. The van der Waals surface area contributed by atoms with E-state index in [1.54, 1.807) is 6.07 Å². The summed E-state index contributed by atoms with van der Waals surface area (Å²) in [6, 6.07) is 4.24. The molecule has 6 nitrogen and oxygen atoms in total. The normalized spacial score (nSPS) is 10.3. The Morgan fingerprint density at radius 2 is 2.20 bits per heavy atom. The van der Waals surface area contributed by atoms with Gasteiger partial charge in [-0.3, -0.25) is 10.1 Å². The zero-order valence-electron chi connectivity index (χ0n) is 10.3. The summed E-state index contributed by atoms with van der Waals surface area (Å²) < 4.78 is 6.20. The molecule has 2 aromatic rings. The van der Waals surface area contributed by atoms with Crippen LogP contribution in [0.4, 0.5) is 5.69 Å². The van der Waals surface area contributed by atoms with Crippen LogP contribution in [-0.4, -0.2) is 14.9 Å². The third-order valence-electron chi connectivity index (χ3n) is 2.54. The molecule has 104 valence electrons. The number of hydrogen-bond acceptors (Lipinski definition) is 5.